The largest absolute Gasteiger partial charge is 0.493 e. The number of hydrogen-bond donors (Lipinski definition) is 2. The minimum absolute atomic E-state index is 0.258. The van der Waals surface area contributed by atoms with Gasteiger partial charge in [0.25, 0.3) is 0 Å². The van der Waals surface area contributed by atoms with Crippen molar-refractivity contribution in [1.29, 1.82) is 0 Å². The number of methoxy groups -OCH3 is 2. The second kappa shape index (κ2) is 5.34. The van der Waals surface area contributed by atoms with Crippen molar-refractivity contribution < 1.29 is 9.47 Å². The number of rotatable bonds is 4. The van der Waals surface area contributed by atoms with Crippen molar-refractivity contribution >= 4 is 15.9 Å². The van der Waals surface area contributed by atoms with Crippen molar-refractivity contribution in [2.45, 2.75) is 6.04 Å². The van der Waals surface area contributed by atoms with Crippen LogP contribution in [0, 0.1) is 0 Å². The normalized spacial score (nSPS) is 12.3. The third-order valence-corrected chi connectivity index (χ3v) is 2.58. The van der Waals surface area contributed by atoms with Crippen LogP contribution in [-0.4, -0.2) is 20.8 Å². The number of halogens is 1. The van der Waals surface area contributed by atoms with E-state index in [4.69, 9.17) is 20.9 Å². The molecule has 4 N–H and O–H groups in total. The van der Waals surface area contributed by atoms with E-state index in [-0.39, 0.29) is 6.04 Å². The Bertz CT molecular complexity index is 344. The number of nitrogens with two attached hydrogens (primary N) is 2. The van der Waals surface area contributed by atoms with E-state index < -0.39 is 0 Å². The zero-order chi connectivity index (χ0) is 11.4. The maximum absolute atomic E-state index is 5.88. The highest BCUT2D eigenvalue weighted by Gasteiger charge is 2.16. The summed E-state index contributed by atoms with van der Waals surface area (Å²) in [6.07, 6.45) is 0. The lowest BCUT2D eigenvalue weighted by Gasteiger charge is -2.17. The van der Waals surface area contributed by atoms with E-state index in [1.54, 1.807) is 14.2 Å². The molecule has 0 fully saturated rings. The minimum atomic E-state index is -0.258. The summed E-state index contributed by atoms with van der Waals surface area (Å²) in [5, 5.41) is 0. The fourth-order valence-corrected chi connectivity index (χ4v) is 1.82. The van der Waals surface area contributed by atoms with Crippen molar-refractivity contribution in [1.82, 2.24) is 0 Å². The monoisotopic (exact) mass is 274 g/mol. The van der Waals surface area contributed by atoms with Gasteiger partial charge in [-0.2, -0.15) is 0 Å². The molecular weight excluding hydrogens is 260 g/mol. The van der Waals surface area contributed by atoms with E-state index >= 15 is 0 Å². The smallest absolute Gasteiger partial charge is 0.165 e. The number of ether oxygens (including phenoxy) is 2. The van der Waals surface area contributed by atoms with Crippen LogP contribution in [0.15, 0.2) is 16.6 Å². The first-order valence-corrected chi connectivity index (χ1v) is 5.30. The van der Waals surface area contributed by atoms with Crippen LogP contribution in [0.25, 0.3) is 0 Å². The highest BCUT2D eigenvalue weighted by molar-refractivity contribution is 9.10. The summed E-state index contributed by atoms with van der Waals surface area (Å²) in [4.78, 5) is 0. The number of benzene rings is 1. The van der Waals surface area contributed by atoms with Crippen LogP contribution >= 0.6 is 15.9 Å². The van der Waals surface area contributed by atoms with E-state index in [0.29, 0.717) is 18.0 Å². The molecule has 0 saturated carbocycles. The van der Waals surface area contributed by atoms with Gasteiger partial charge in [0, 0.05) is 22.6 Å². The quantitative estimate of drug-likeness (QED) is 0.872. The lowest BCUT2D eigenvalue weighted by Crippen LogP contribution is -2.21. The highest BCUT2D eigenvalue weighted by Crippen LogP contribution is 2.36. The summed E-state index contributed by atoms with van der Waals surface area (Å²) in [7, 11) is 3.17. The van der Waals surface area contributed by atoms with Gasteiger partial charge < -0.3 is 20.9 Å². The van der Waals surface area contributed by atoms with Crippen molar-refractivity contribution in [3.05, 3.63) is 22.2 Å². The summed E-state index contributed by atoms with van der Waals surface area (Å²) in [6.45, 7) is 0.357. The molecule has 1 aromatic carbocycles. The molecule has 0 amide bonds. The Balaban J connectivity index is 3.28. The first-order valence-electron chi connectivity index (χ1n) is 4.51. The highest BCUT2D eigenvalue weighted by atomic mass is 79.9. The van der Waals surface area contributed by atoms with Gasteiger partial charge in [-0.15, -0.1) is 0 Å². The van der Waals surface area contributed by atoms with Crippen molar-refractivity contribution in [3.63, 3.8) is 0 Å². The summed E-state index contributed by atoms with van der Waals surface area (Å²) in [6, 6.07) is 3.45. The predicted molar refractivity (Wildman–Crippen MR) is 63.2 cm³/mol. The fraction of sp³-hybridized carbons (Fsp3) is 0.400. The lowest BCUT2D eigenvalue weighted by molar-refractivity contribution is 0.349. The van der Waals surface area contributed by atoms with E-state index in [1.807, 2.05) is 12.1 Å². The standard InChI is InChI=1S/C10H15BrN2O2/c1-14-9-4-6(11)3-7(8(13)5-12)10(9)15-2/h3-4,8H,5,12-13H2,1-2H3. The van der Waals surface area contributed by atoms with Crippen LogP contribution in [0.5, 0.6) is 11.5 Å². The summed E-state index contributed by atoms with van der Waals surface area (Å²) < 4.78 is 11.4. The summed E-state index contributed by atoms with van der Waals surface area (Å²) in [5.74, 6) is 1.28. The molecular formula is C10H15BrN2O2. The first kappa shape index (κ1) is 12.3. The Labute approximate surface area is 97.7 Å². The molecule has 0 radical (unpaired) electrons. The van der Waals surface area contributed by atoms with Gasteiger partial charge in [0.2, 0.25) is 0 Å². The van der Waals surface area contributed by atoms with Crippen LogP contribution in [0.1, 0.15) is 11.6 Å². The predicted octanol–water partition coefficient (Wildman–Crippen LogP) is 1.42. The Morgan fingerprint density at radius 1 is 1.33 bits per heavy atom. The molecule has 0 aromatic heterocycles. The molecule has 5 heteroatoms. The van der Waals surface area contributed by atoms with Gasteiger partial charge in [-0.05, 0) is 12.1 Å². The van der Waals surface area contributed by atoms with Crippen LogP contribution in [0.2, 0.25) is 0 Å². The van der Waals surface area contributed by atoms with Gasteiger partial charge >= 0.3 is 0 Å². The molecule has 0 spiro atoms. The molecule has 1 rings (SSSR count). The zero-order valence-corrected chi connectivity index (χ0v) is 10.4. The second-order valence-corrected chi connectivity index (χ2v) is 3.99. The molecule has 0 heterocycles. The zero-order valence-electron chi connectivity index (χ0n) is 8.79. The molecule has 0 aliphatic heterocycles. The summed E-state index contributed by atoms with van der Waals surface area (Å²) >= 11 is 3.38. The minimum Gasteiger partial charge on any atom is -0.493 e. The Hall–Kier alpha value is -0.780. The van der Waals surface area contributed by atoms with Crippen molar-refractivity contribution in [3.8, 4) is 11.5 Å². The molecule has 0 saturated heterocycles. The topological polar surface area (TPSA) is 70.5 Å². The van der Waals surface area contributed by atoms with E-state index in [1.165, 1.54) is 0 Å². The SMILES string of the molecule is COc1cc(Br)cc(C(N)CN)c1OC. The van der Waals surface area contributed by atoms with Gasteiger partial charge in [0.1, 0.15) is 0 Å². The van der Waals surface area contributed by atoms with Gasteiger partial charge in [-0.3, -0.25) is 0 Å². The maximum Gasteiger partial charge on any atom is 0.165 e. The Kier molecular flexibility index (Phi) is 4.38. The first-order chi connectivity index (χ1) is 7.13. The lowest BCUT2D eigenvalue weighted by atomic mass is 10.1. The summed E-state index contributed by atoms with van der Waals surface area (Å²) in [5.41, 5.74) is 12.3. The molecule has 4 nitrogen and oxygen atoms in total. The van der Waals surface area contributed by atoms with Crippen LogP contribution in [0.4, 0.5) is 0 Å². The molecule has 0 bridgehead atoms. The van der Waals surface area contributed by atoms with E-state index in [9.17, 15) is 0 Å². The average Bonchev–Trinajstić information content (AvgIpc) is 2.26. The van der Waals surface area contributed by atoms with Gasteiger partial charge in [-0.1, -0.05) is 15.9 Å². The molecule has 0 aliphatic rings. The van der Waals surface area contributed by atoms with Gasteiger partial charge in [0.05, 0.1) is 14.2 Å². The van der Waals surface area contributed by atoms with Crippen LogP contribution in [0.3, 0.4) is 0 Å². The van der Waals surface area contributed by atoms with Crippen molar-refractivity contribution in [2.24, 2.45) is 11.5 Å². The second-order valence-electron chi connectivity index (χ2n) is 3.07. The third kappa shape index (κ3) is 2.62. The van der Waals surface area contributed by atoms with Gasteiger partial charge in [0.15, 0.2) is 11.5 Å². The van der Waals surface area contributed by atoms with Crippen LogP contribution < -0.4 is 20.9 Å². The number of hydrogen-bond acceptors (Lipinski definition) is 4. The molecule has 1 aromatic rings. The Morgan fingerprint density at radius 3 is 2.47 bits per heavy atom. The molecule has 0 aliphatic carbocycles. The molecule has 1 atom stereocenters. The fourth-order valence-electron chi connectivity index (χ4n) is 1.36. The van der Waals surface area contributed by atoms with E-state index in [2.05, 4.69) is 15.9 Å². The molecule has 15 heavy (non-hydrogen) atoms. The van der Waals surface area contributed by atoms with Crippen LogP contribution in [-0.2, 0) is 0 Å². The molecule has 84 valence electrons. The maximum atomic E-state index is 5.88. The van der Waals surface area contributed by atoms with E-state index in [0.717, 1.165) is 10.0 Å². The van der Waals surface area contributed by atoms with Crippen molar-refractivity contribution in [2.75, 3.05) is 20.8 Å². The van der Waals surface area contributed by atoms with Gasteiger partial charge in [-0.25, -0.2) is 0 Å². The Morgan fingerprint density at radius 2 is 2.00 bits per heavy atom. The molecule has 1 unspecified atom stereocenters. The average molecular weight is 275 g/mol. The third-order valence-electron chi connectivity index (χ3n) is 2.13.